The summed E-state index contributed by atoms with van der Waals surface area (Å²) in [5.74, 6) is 1.85. The number of nitrogens with zero attached hydrogens (tertiary/aromatic N) is 3. The first-order valence-electron chi connectivity index (χ1n) is 11.5. The van der Waals surface area contributed by atoms with Crippen LogP contribution < -0.4 is 20.9 Å². The van der Waals surface area contributed by atoms with Crippen LogP contribution in [0.1, 0.15) is 38.7 Å². The topological polar surface area (TPSA) is 72.0 Å². The van der Waals surface area contributed by atoms with Gasteiger partial charge in [0.05, 0.1) is 13.1 Å². The maximum atomic E-state index is 11.6. The Morgan fingerprint density at radius 3 is 2.58 bits per heavy atom. The molecule has 1 aromatic carbocycles. The summed E-state index contributed by atoms with van der Waals surface area (Å²) in [5, 5.41) is 9.67. The molecular formula is C23H39IN6O. The average molecular weight is 543 g/mol. The summed E-state index contributed by atoms with van der Waals surface area (Å²) in [6.45, 7) is 12.5. The summed E-state index contributed by atoms with van der Waals surface area (Å²) in [7, 11) is 0. The van der Waals surface area contributed by atoms with E-state index in [1.165, 1.54) is 31.5 Å². The molecule has 8 heteroatoms. The van der Waals surface area contributed by atoms with Gasteiger partial charge in [-0.1, -0.05) is 19.1 Å². The van der Waals surface area contributed by atoms with Crippen LogP contribution in [0, 0.1) is 5.92 Å². The molecule has 2 aliphatic rings. The lowest BCUT2D eigenvalue weighted by Crippen LogP contribution is -2.47. The second-order valence-electron chi connectivity index (χ2n) is 8.44. The van der Waals surface area contributed by atoms with Crippen LogP contribution in [0.15, 0.2) is 29.3 Å². The van der Waals surface area contributed by atoms with Crippen LogP contribution in [0.5, 0.6) is 0 Å². The third kappa shape index (κ3) is 8.84. The Hall–Kier alpha value is -1.55. The van der Waals surface area contributed by atoms with Crippen LogP contribution in [0.3, 0.4) is 0 Å². The number of benzene rings is 1. The summed E-state index contributed by atoms with van der Waals surface area (Å²) in [6, 6.07) is 8.38. The third-order valence-corrected chi connectivity index (χ3v) is 5.92. The van der Waals surface area contributed by atoms with Crippen molar-refractivity contribution >= 4 is 41.5 Å². The highest BCUT2D eigenvalue weighted by molar-refractivity contribution is 14.0. The highest BCUT2D eigenvalue weighted by Gasteiger charge is 2.16. The second-order valence-corrected chi connectivity index (χ2v) is 8.44. The number of rotatable bonds is 8. The van der Waals surface area contributed by atoms with Gasteiger partial charge in [0.15, 0.2) is 5.96 Å². The van der Waals surface area contributed by atoms with Crippen molar-refractivity contribution in [2.75, 3.05) is 57.3 Å². The number of nitrogens with one attached hydrogen (secondary N) is 3. The molecule has 0 spiro atoms. The second kappa shape index (κ2) is 13.8. The first-order valence-corrected chi connectivity index (χ1v) is 11.5. The fraction of sp³-hybridized carbons (Fsp3) is 0.652. The minimum Gasteiger partial charge on any atom is -0.360 e. The van der Waals surface area contributed by atoms with Gasteiger partial charge in [0.1, 0.15) is 0 Å². The number of piperidine rings is 1. The van der Waals surface area contributed by atoms with Crippen molar-refractivity contribution in [1.29, 1.82) is 0 Å². The van der Waals surface area contributed by atoms with Gasteiger partial charge < -0.3 is 25.8 Å². The molecule has 174 valence electrons. The van der Waals surface area contributed by atoms with Gasteiger partial charge in [0.25, 0.3) is 0 Å². The zero-order chi connectivity index (χ0) is 21.2. The predicted octanol–water partition coefficient (Wildman–Crippen LogP) is 2.42. The standard InChI is InChI=1S/C23H38N6O.HI/c1-3-24-23(26-11-4-13-28-14-9-19(2)10-15-28)27-17-20-5-7-21(8-6-20)29-16-12-25-22(30)18-29;/h5-8,19H,3-4,9-18H2,1-2H3,(H,25,30)(H2,24,26,27);1H. The molecule has 0 unspecified atom stereocenters. The molecule has 3 N–H and O–H groups in total. The molecule has 2 fully saturated rings. The Morgan fingerprint density at radius 1 is 1.16 bits per heavy atom. The molecule has 0 saturated carbocycles. The molecule has 7 nitrogen and oxygen atoms in total. The Bertz CT molecular complexity index is 688. The number of amides is 1. The lowest BCUT2D eigenvalue weighted by Gasteiger charge is -2.30. The molecule has 0 radical (unpaired) electrons. The van der Waals surface area contributed by atoms with Gasteiger partial charge in [-0.05, 0) is 69.4 Å². The highest BCUT2D eigenvalue weighted by atomic mass is 127. The van der Waals surface area contributed by atoms with E-state index in [4.69, 9.17) is 4.99 Å². The van der Waals surface area contributed by atoms with Crippen LogP contribution in [0.4, 0.5) is 5.69 Å². The van der Waals surface area contributed by atoms with Crippen molar-refractivity contribution in [2.24, 2.45) is 10.9 Å². The molecular weight excluding hydrogens is 503 g/mol. The minimum atomic E-state index is 0. The van der Waals surface area contributed by atoms with Crippen LogP contribution in [0.2, 0.25) is 0 Å². The average Bonchev–Trinajstić information content (AvgIpc) is 2.76. The first kappa shape index (κ1) is 25.7. The molecule has 2 heterocycles. The van der Waals surface area contributed by atoms with E-state index < -0.39 is 0 Å². The number of likely N-dealkylation sites (tertiary alicyclic amines) is 1. The molecule has 1 amide bonds. The van der Waals surface area contributed by atoms with E-state index in [1.807, 2.05) is 0 Å². The van der Waals surface area contributed by atoms with Gasteiger partial charge in [-0.2, -0.15) is 0 Å². The quantitative estimate of drug-likeness (QED) is 0.204. The zero-order valence-corrected chi connectivity index (χ0v) is 21.4. The van der Waals surface area contributed by atoms with E-state index in [-0.39, 0.29) is 29.9 Å². The number of piperazine rings is 1. The van der Waals surface area contributed by atoms with Gasteiger partial charge in [-0.25, -0.2) is 4.99 Å². The smallest absolute Gasteiger partial charge is 0.239 e. The number of carbonyl (C=O) groups is 1. The van der Waals surface area contributed by atoms with Crippen molar-refractivity contribution in [1.82, 2.24) is 20.9 Å². The molecule has 0 bridgehead atoms. The first-order chi connectivity index (χ1) is 14.6. The number of hydrogen-bond acceptors (Lipinski definition) is 4. The van der Waals surface area contributed by atoms with Crippen LogP contribution >= 0.6 is 24.0 Å². The lowest BCUT2D eigenvalue weighted by atomic mass is 9.99. The minimum absolute atomic E-state index is 0. The van der Waals surface area contributed by atoms with Crippen molar-refractivity contribution in [2.45, 2.75) is 39.7 Å². The molecule has 31 heavy (non-hydrogen) atoms. The molecule has 3 rings (SSSR count). The van der Waals surface area contributed by atoms with E-state index >= 15 is 0 Å². The van der Waals surface area contributed by atoms with Gasteiger partial charge in [-0.3, -0.25) is 4.79 Å². The number of hydrogen-bond donors (Lipinski definition) is 3. The molecule has 0 aliphatic carbocycles. The molecule has 2 aliphatic heterocycles. The van der Waals surface area contributed by atoms with Crippen LogP contribution in [-0.4, -0.2) is 69.1 Å². The number of halogens is 1. The van der Waals surface area contributed by atoms with Crippen molar-refractivity contribution < 1.29 is 4.79 Å². The van der Waals surface area contributed by atoms with Crippen LogP contribution in [0.25, 0.3) is 0 Å². The van der Waals surface area contributed by atoms with E-state index in [1.54, 1.807) is 0 Å². The number of guanidine groups is 1. The van der Waals surface area contributed by atoms with Crippen molar-refractivity contribution in [3.8, 4) is 0 Å². The Balaban J connectivity index is 0.00000341. The summed E-state index contributed by atoms with van der Waals surface area (Å²) < 4.78 is 0. The normalized spacial score (nSPS) is 18.3. The Morgan fingerprint density at radius 2 is 1.90 bits per heavy atom. The highest BCUT2D eigenvalue weighted by Crippen LogP contribution is 2.17. The van der Waals surface area contributed by atoms with E-state index in [0.717, 1.165) is 50.2 Å². The maximum absolute atomic E-state index is 11.6. The van der Waals surface area contributed by atoms with Gasteiger partial charge in [-0.15, -0.1) is 24.0 Å². The van der Waals surface area contributed by atoms with E-state index in [9.17, 15) is 4.79 Å². The maximum Gasteiger partial charge on any atom is 0.239 e. The fourth-order valence-corrected chi connectivity index (χ4v) is 3.98. The van der Waals surface area contributed by atoms with Gasteiger partial charge in [0, 0.05) is 31.9 Å². The van der Waals surface area contributed by atoms with Crippen LogP contribution in [-0.2, 0) is 11.3 Å². The Labute approximate surface area is 204 Å². The summed E-state index contributed by atoms with van der Waals surface area (Å²) in [6.07, 6.45) is 3.81. The molecule has 0 aromatic heterocycles. The number of aliphatic imine (C=N–C) groups is 1. The summed E-state index contributed by atoms with van der Waals surface area (Å²) in [4.78, 5) is 21.0. The molecule has 1 aromatic rings. The summed E-state index contributed by atoms with van der Waals surface area (Å²) >= 11 is 0. The predicted molar refractivity (Wildman–Crippen MR) is 139 cm³/mol. The number of carbonyl (C=O) groups excluding carboxylic acids is 1. The van der Waals surface area contributed by atoms with Gasteiger partial charge >= 0.3 is 0 Å². The van der Waals surface area contributed by atoms with E-state index in [0.29, 0.717) is 19.6 Å². The molecule has 0 atom stereocenters. The van der Waals surface area contributed by atoms with E-state index in [2.05, 4.69) is 63.9 Å². The Kier molecular flexibility index (Phi) is 11.4. The monoisotopic (exact) mass is 542 g/mol. The molecule has 2 saturated heterocycles. The third-order valence-electron chi connectivity index (χ3n) is 5.92. The summed E-state index contributed by atoms with van der Waals surface area (Å²) in [5.41, 5.74) is 2.26. The van der Waals surface area contributed by atoms with Crippen molar-refractivity contribution in [3.05, 3.63) is 29.8 Å². The fourth-order valence-electron chi connectivity index (χ4n) is 3.98. The number of anilines is 1. The SMILES string of the molecule is CCNC(=NCc1ccc(N2CCNC(=O)C2)cc1)NCCCN1CCC(C)CC1.I. The zero-order valence-electron chi connectivity index (χ0n) is 19.0. The lowest BCUT2D eigenvalue weighted by molar-refractivity contribution is -0.120. The largest absolute Gasteiger partial charge is 0.360 e. The van der Waals surface area contributed by atoms with Crippen molar-refractivity contribution in [3.63, 3.8) is 0 Å². The van der Waals surface area contributed by atoms with Gasteiger partial charge in [0.2, 0.25) is 5.91 Å².